The largest absolute Gasteiger partial charge is 0.493 e. The normalized spacial score (nSPS) is 11.4. The molecule has 1 atom stereocenters. The van der Waals surface area contributed by atoms with Crippen LogP contribution in [-0.4, -0.2) is 85.3 Å². The molecule has 0 saturated carbocycles. The summed E-state index contributed by atoms with van der Waals surface area (Å²) in [5.41, 5.74) is 4.21. The Morgan fingerprint density at radius 3 is 0.768 bits per heavy atom. The molecule has 306 valence electrons. The van der Waals surface area contributed by atoms with Gasteiger partial charge in [-0.1, -0.05) is 0 Å². The second kappa shape index (κ2) is 21.0. The number of aryl methyl sites for hydroxylation is 1. The zero-order valence-electron chi connectivity index (χ0n) is 34.9. The first kappa shape index (κ1) is 43.2. The summed E-state index contributed by atoms with van der Waals surface area (Å²) in [7, 11) is 19.5. The molecule has 12 heteroatoms. The first-order chi connectivity index (χ1) is 27.2. The Hall–Kier alpha value is -5.52. The molecule has 4 aromatic rings. The van der Waals surface area contributed by atoms with Gasteiger partial charge in [0.15, 0.2) is 46.0 Å². The summed E-state index contributed by atoms with van der Waals surface area (Å²) in [5, 5.41) is 0. The van der Waals surface area contributed by atoms with Gasteiger partial charge in [0.05, 0.1) is 85.3 Å². The lowest BCUT2D eigenvalue weighted by Gasteiger charge is -2.29. The van der Waals surface area contributed by atoms with E-state index in [-0.39, 0.29) is 11.8 Å². The highest BCUT2D eigenvalue weighted by atomic mass is 16.5. The lowest BCUT2D eigenvalue weighted by atomic mass is 9.76. The van der Waals surface area contributed by atoms with Crippen LogP contribution in [0.3, 0.4) is 0 Å². The smallest absolute Gasteiger partial charge is 0.203 e. The second-order valence-electron chi connectivity index (χ2n) is 13.2. The summed E-state index contributed by atoms with van der Waals surface area (Å²) in [6.45, 7) is 0. The van der Waals surface area contributed by atoms with Gasteiger partial charge in [0.2, 0.25) is 23.0 Å². The summed E-state index contributed by atoms with van der Waals surface area (Å²) in [6, 6.07) is 16.2. The number of hydrogen-bond donors (Lipinski definition) is 0. The highest BCUT2D eigenvalue weighted by Crippen LogP contribution is 2.44. The molecule has 4 aromatic carbocycles. The predicted molar refractivity (Wildman–Crippen MR) is 215 cm³/mol. The maximum absolute atomic E-state index is 5.78. The van der Waals surface area contributed by atoms with Crippen molar-refractivity contribution in [3.8, 4) is 69.0 Å². The Morgan fingerprint density at radius 1 is 0.304 bits per heavy atom. The van der Waals surface area contributed by atoms with Crippen LogP contribution in [0.2, 0.25) is 0 Å². The summed E-state index contributed by atoms with van der Waals surface area (Å²) in [6.07, 6.45) is 4.61. The van der Waals surface area contributed by atoms with Gasteiger partial charge in [-0.05, 0) is 121 Å². The number of benzene rings is 4. The van der Waals surface area contributed by atoms with Gasteiger partial charge in [-0.15, -0.1) is 0 Å². The van der Waals surface area contributed by atoms with Crippen molar-refractivity contribution in [3.63, 3.8) is 0 Å². The maximum atomic E-state index is 5.78. The molecule has 0 saturated heterocycles. The molecule has 0 aromatic heterocycles. The molecule has 0 spiro atoms. The van der Waals surface area contributed by atoms with Crippen LogP contribution < -0.4 is 56.8 Å². The highest BCUT2D eigenvalue weighted by molar-refractivity contribution is 5.57. The van der Waals surface area contributed by atoms with E-state index in [1.165, 1.54) is 0 Å². The van der Waals surface area contributed by atoms with Crippen molar-refractivity contribution in [2.75, 3.05) is 85.3 Å². The van der Waals surface area contributed by atoms with Crippen molar-refractivity contribution in [1.29, 1.82) is 0 Å². The van der Waals surface area contributed by atoms with Gasteiger partial charge in [-0.2, -0.15) is 0 Å². The third-order valence-corrected chi connectivity index (χ3v) is 10.1. The fourth-order valence-electron chi connectivity index (χ4n) is 7.43. The Bertz CT molecular complexity index is 1710. The molecular weight excluding hydrogens is 720 g/mol. The number of ether oxygens (including phenoxy) is 12. The molecule has 0 heterocycles. The molecule has 0 N–H and O–H groups in total. The topological polar surface area (TPSA) is 111 Å². The van der Waals surface area contributed by atoms with Crippen LogP contribution in [0.4, 0.5) is 0 Å². The molecular formula is C44H58O12. The quantitative estimate of drug-likeness (QED) is 0.0726. The molecule has 0 aliphatic heterocycles. The molecule has 0 bridgehead atoms. The van der Waals surface area contributed by atoms with Crippen molar-refractivity contribution in [2.24, 2.45) is 11.8 Å². The first-order valence-corrected chi connectivity index (χ1v) is 18.3. The summed E-state index contributed by atoms with van der Waals surface area (Å²) in [4.78, 5) is 0. The van der Waals surface area contributed by atoms with E-state index in [4.69, 9.17) is 56.8 Å². The van der Waals surface area contributed by atoms with Crippen molar-refractivity contribution in [2.45, 2.75) is 38.5 Å². The molecule has 0 aliphatic rings. The minimum atomic E-state index is 0.0830. The molecule has 0 radical (unpaired) electrons. The SMILES string of the molecule is COc1cc(CCC[C@@H](Cc2cc(OC)c(OC)c(OC)c2)C(Cc2cc(OC)c(OC)c(OC)c2)Cc2cc(OC)c(OC)c(OC)c2)cc(OC)c1OC. The lowest BCUT2D eigenvalue weighted by Crippen LogP contribution is -2.23. The van der Waals surface area contributed by atoms with Gasteiger partial charge in [-0.3, -0.25) is 0 Å². The fraction of sp³-hybridized carbons (Fsp3) is 0.455. The Morgan fingerprint density at radius 2 is 0.536 bits per heavy atom. The fourth-order valence-corrected chi connectivity index (χ4v) is 7.43. The third kappa shape index (κ3) is 10.0. The maximum Gasteiger partial charge on any atom is 0.203 e. The van der Waals surface area contributed by atoms with Gasteiger partial charge in [0.25, 0.3) is 0 Å². The van der Waals surface area contributed by atoms with Gasteiger partial charge in [0, 0.05) is 0 Å². The van der Waals surface area contributed by atoms with Crippen LogP contribution in [0.25, 0.3) is 0 Å². The minimum Gasteiger partial charge on any atom is -0.493 e. The molecule has 0 unspecified atom stereocenters. The summed E-state index contributed by atoms with van der Waals surface area (Å²) >= 11 is 0. The Labute approximate surface area is 331 Å². The van der Waals surface area contributed by atoms with E-state index in [0.29, 0.717) is 88.3 Å². The van der Waals surface area contributed by atoms with E-state index in [0.717, 1.165) is 41.5 Å². The number of methoxy groups -OCH3 is 12. The molecule has 0 amide bonds. The zero-order valence-corrected chi connectivity index (χ0v) is 34.9. The monoisotopic (exact) mass is 778 g/mol. The average molecular weight is 779 g/mol. The molecule has 0 aliphatic carbocycles. The molecule has 0 fully saturated rings. The van der Waals surface area contributed by atoms with E-state index in [1.54, 1.807) is 85.3 Å². The first-order valence-electron chi connectivity index (χ1n) is 18.3. The van der Waals surface area contributed by atoms with E-state index < -0.39 is 0 Å². The van der Waals surface area contributed by atoms with Crippen LogP contribution in [-0.2, 0) is 25.7 Å². The van der Waals surface area contributed by atoms with Crippen LogP contribution in [0.1, 0.15) is 35.1 Å². The van der Waals surface area contributed by atoms with Crippen molar-refractivity contribution in [3.05, 3.63) is 70.8 Å². The zero-order chi connectivity index (χ0) is 40.8. The van der Waals surface area contributed by atoms with Crippen LogP contribution >= 0.6 is 0 Å². The minimum absolute atomic E-state index is 0.0830. The summed E-state index contributed by atoms with van der Waals surface area (Å²) in [5.74, 6) is 7.24. The summed E-state index contributed by atoms with van der Waals surface area (Å²) < 4.78 is 68.6. The Kier molecular flexibility index (Phi) is 16.2. The van der Waals surface area contributed by atoms with Crippen LogP contribution in [0.5, 0.6) is 69.0 Å². The number of rotatable bonds is 23. The van der Waals surface area contributed by atoms with E-state index in [9.17, 15) is 0 Å². The van der Waals surface area contributed by atoms with Crippen LogP contribution in [0, 0.1) is 11.8 Å². The highest BCUT2D eigenvalue weighted by Gasteiger charge is 2.27. The van der Waals surface area contributed by atoms with E-state index >= 15 is 0 Å². The second-order valence-corrected chi connectivity index (χ2v) is 13.2. The van der Waals surface area contributed by atoms with Gasteiger partial charge in [0.1, 0.15) is 0 Å². The number of hydrogen-bond acceptors (Lipinski definition) is 12. The van der Waals surface area contributed by atoms with Crippen molar-refractivity contribution in [1.82, 2.24) is 0 Å². The molecule has 12 nitrogen and oxygen atoms in total. The molecule has 56 heavy (non-hydrogen) atoms. The van der Waals surface area contributed by atoms with Crippen molar-refractivity contribution < 1.29 is 56.8 Å². The predicted octanol–water partition coefficient (Wildman–Crippen LogP) is 8.07. The Balaban J connectivity index is 1.86. The van der Waals surface area contributed by atoms with E-state index in [1.807, 2.05) is 48.5 Å². The molecule has 4 rings (SSSR count). The third-order valence-electron chi connectivity index (χ3n) is 10.1. The van der Waals surface area contributed by atoms with Gasteiger partial charge in [-0.25, -0.2) is 0 Å². The van der Waals surface area contributed by atoms with Crippen molar-refractivity contribution >= 4 is 0 Å². The standard InChI is InChI=1S/C44H58O12/c1-45-33-19-27(20-34(46-2)41(33)53-9)14-13-15-31(16-28-21-35(47-3)42(54-10)36(22-28)48-4)32(17-29-23-37(49-5)43(55-11)38(24-29)50-6)18-30-25-39(51-7)44(56-12)40(26-30)52-8/h19-26,31-32H,13-18H2,1-12H3/t31-/m0/s1. The van der Waals surface area contributed by atoms with Gasteiger partial charge >= 0.3 is 0 Å². The van der Waals surface area contributed by atoms with Crippen LogP contribution in [0.15, 0.2) is 48.5 Å². The average Bonchev–Trinajstić information content (AvgIpc) is 3.23. The lowest BCUT2D eigenvalue weighted by molar-refractivity contribution is 0.292. The van der Waals surface area contributed by atoms with Gasteiger partial charge < -0.3 is 56.8 Å². The van der Waals surface area contributed by atoms with E-state index in [2.05, 4.69) is 0 Å².